The largest absolute Gasteiger partial charge is 0.388 e. The third kappa shape index (κ3) is 8.94. The summed E-state index contributed by atoms with van der Waals surface area (Å²) in [6.45, 7) is 3.80. The van der Waals surface area contributed by atoms with E-state index < -0.39 is 30.7 Å². The number of rotatable bonds is 12. The van der Waals surface area contributed by atoms with Gasteiger partial charge in [0.25, 0.3) is 0 Å². The van der Waals surface area contributed by atoms with Crippen molar-refractivity contribution in [2.24, 2.45) is 0 Å². The van der Waals surface area contributed by atoms with E-state index in [1.54, 1.807) is 13.0 Å². The summed E-state index contributed by atoms with van der Waals surface area (Å²) in [7, 11) is 0. The maximum atomic E-state index is 11.7. The van der Waals surface area contributed by atoms with Crippen molar-refractivity contribution in [1.82, 2.24) is 5.32 Å². The van der Waals surface area contributed by atoms with Gasteiger partial charge >= 0.3 is 0 Å². The number of aliphatic hydroxyl groups is 3. The van der Waals surface area contributed by atoms with Gasteiger partial charge in [0.05, 0.1) is 12.7 Å². The van der Waals surface area contributed by atoms with Crippen LogP contribution < -0.4 is 5.32 Å². The Labute approximate surface area is 160 Å². The number of ether oxygens (including phenoxy) is 2. The molecule has 8 nitrogen and oxygen atoms in total. The first-order valence-electron chi connectivity index (χ1n) is 9.64. The minimum atomic E-state index is -1.34. The minimum Gasteiger partial charge on any atom is -0.388 e. The van der Waals surface area contributed by atoms with Crippen LogP contribution in [-0.2, 0) is 19.1 Å². The van der Waals surface area contributed by atoms with Gasteiger partial charge in [0.2, 0.25) is 5.91 Å². The Balaban J connectivity index is 2.06. The third-order valence-electron chi connectivity index (χ3n) is 4.44. The average Bonchev–Trinajstić information content (AvgIpc) is 2.66. The summed E-state index contributed by atoms with van der Waals surface area (Å²) in [4.78, 5) is 22.8. The van der Waals surface area contributed by atoms with Crippen molar-refractivity contribution >= 4 is 11.7 Å². The smallest absolute Gasteiger partial charge is 0.220 e. The number of carbonyl (C=O) groups excluding carboxylic acids is 2. The standard InChI is InChI=1S/C19H33NO7/c1-3-14(21)9-7-5-4-6-8-10-15(22)20-11-12-26-19-18(25)17(24)16(23)13(2)27-19/h7,9,13,16-19,23-25H,3-6,8,10-12H2,1-2H3,(H,20,22)/b9-7+/t13-,16-,17+,18+,19+/m1/s1. The summed E-state index contributed by atoms with van der Waals surface area (Å²) >= 11 is 0. The van der Waals surface area contributed by atoms with Crippen molar-refractivity contribution < 1.29 is 34.4 Å². The van der Waals surface area contributed by atoms with Crippen molar-refractivity contribution in [2.75, 3.05) is 13.2 Å². The molecule has 5 atom stereocenters. The summed E-state index contributed by atoms with van der Waals surface area (Å²) in [5.74, 6) is 0.0483. The Morgan fingerprint density at radius 1 is 1.11 bits per heavy atom. The predicted molar refractivity (Wildman–Crippen MR) is 98.8 cm³/mol. The summed E-state index contributed by atoms with van der Waals surface area (Å²) < 4.78 is 10.6. The van der Waals surface area contributed by atoms with Gasteiger partial charge in [-0.2, -0.15) is 0 Å². The zero-order valence-corrected chi connectivity index (χ0v) is 16.2. The molecular weight excluding hydrogens is 354 g/mol. The Hall–Kier alpha value is -1.32. The molecule has 27 heavy (non-hydrogen) atoms. The zero-order valence-electron chi connectivity index (χ0n) is 16.2. The molecule has 156 valence electrons. The molecule has 0 radical (unpaired) electrons. The fourth-order valence-corrected chi connectivity index (χ4v) is 2.66. The lowest BCUT2D eigenvalue weighted by Crippen LogP contribution is -2.57. The molecule has 0 aromatic heterocycles. The first-order chi connectivity index (χ1) is 12.9. The third-order valence-corrected chi connectivity index (χ3v) is 4.44. The highest BCUT2D eigenvalue weighted by molar-refractivity contribution is 5.89. The van der Waals surface area contributed by atoms with Crippen LogP contribution in [0.3, 0.4) is 0 Å². The molecule has 0 spiro atoms. The molecule has 0 bridgehead atoms. The Bertz CT molecular complexity index is 483. The molecule has 1 aliphatic heterocycles. The highest BCUT2D eigenvalue weighted by Crippen LogP contribution is 2.21. The average molecular weight is 387 g/mol. The van der Waals surface area contributed by atoms with E-state index in [1.807, 2.05) is 13.0 Å². The highest BCUT2D eigenvalue weighted by atomic mass is 16.7. The molecule has 0 saturated carbocycles. The van der Waals surface area contributed by atoms with E-state index in [0.29, 0.717) is 12.8 Å². The molecule has 0 aromatic rings. The van der Waals surface area contributed by atoms with Crippen LogP contribution in [0.15, 0.2) is 12.2 Å². The number of allylic oxidation sites excluding steroid dienone is 2. The second-order valence-corrected chi connectivity index (χ2v) is 6.72. The van der Waals surface area contributed by atoms with Crippen molar-refractivity contribution in [3.05, 3.63) is 12.2 Å². The van der Waals surface area contributed by atoms with Crippen molar-refractivity contribution in [3.63, 3.8) is 0 Å². The van der Waals surface area contributed by atoms with Gasteiger partial charge in [-0.25, -0.2) is 0 Å². The zero-order chi connectivity index (χ0) is 20.2. The lowest BCUT2D eigenvalue weighted by Gasteiger charge is -2.38. The number of carbonyl (C=O) groups is 2. The fourth-order valence-electron chi connectivity index (χ4n) is 2.66. The van der Waals surface area contributed by atoms with Gasteiger partial charge in [-0.1, -0.05) is 19.4 Å². The second-order valence-electron chi connectivity index (χ2n) is 6.72. The molecule has 1 heterocycles. The first-order valence-corrected chi connectivity index (χ1v) is 9.64. The van der Waals surface area contributed by atoms with E-state index in [2.05, 4.69) is 5.32 Å². The van der Waals surface area contributed by atoms with Crippen molar-refractivity contribution in [3.8, 4) is 0 Å². The summed E-state index contributed by atoms with van der Waals surface area (Å²) in [5, 5.41) is 31.8. The quantitative estimate of drug-likeness (QED) is 0.283. The van der Waals surface area contributed by atoms with Crippen molar-refractivity contribution in [1.29, 1.82) is 0 Å². The van der Waals surface area contributed by atoms with E-state index in [1.165, 1.54) is 0 Å². The Morgan fingerprint density at radius 3 is 2.56 bits per heavy atom. The molecule has 1 aliphatic rings. The van der Waals surface area contributed by atoms with Crippen LogP contribution in [0.25, 0.3) is 0 Å². The molecular formula is C19H33NO7. The normalized spacial score (nSPS) is 28.4. The van der Waals surface area contributed by atoms with Crippen LogP contribution in [0.4, 0.5) is 0 Å². The molecule has 0 aliphatic carbocycles. The summed E-state index contributed by atoms with van der Waals surface area (Å²) in [5.41, 5.74) is 0. The van der Waals surface area contributed by atoms with Gasteiger partial charge in [-0.15, -0.1) is 0 Å². The van der Waals surface area contributed by atoms with Gasteiger partial charge in [0, 0.05) is 19.4 Å². The molecule has 1 fully saturated rings. The lowest BCUT2D eigenvalue weighted by atomic mass is 10.0. The molecule has 1 saturated heterocycles. The van der Waals surface area contributed by atoms with E-state index in [4.69, 9.17) is 9.47 Å². The minimum absolute atomic E-state index is 0.0794. The summed E-state index contributed by atoms with van der Waals surface area (Å²) in [6, 6.07) is 0. The fraction of sp³-hybridized carbons (Fsp3) is 0.789. The van der Waals surface area contributed by atoms with Crippen LogP contribution in [0, 0.1) is 0 Å². The second kappa shape index (κ2) is 13.0. The number of nitrogens with one attached hydrogen (secondary N) is 1. The highest BCUT2D eigenvalue weighted by Gasteiger charge is 2.42. The Morgan fingerprint density at radius 2 is 1.85 bits per heavy atom. The van der Waals surface area contributed by atoms with Gasteiger partial charge < -0.3 is 30.1 Å². The number of hydrogen-bond acceptors (Lipinski definition) is 7. The number of amides is 1. The van der Waals surface area contributed by atoms with Crippen molar-refractivity contribution in [2.45, 2.75) is 83.1 Å². The van der Waals surface area contributed by atoms with Crippen LogP contribution in [0.1, 0.15) is 52.4 Å². The van der Waals surface area contributed by atoms with Gasteiger partial charge in [0.1, 0.15) is 18.3 Å². The molecule has 1 amide bonds. The molecule has 4 N–H and O–H groups in total. The topological polar surface area (TPSA) is 125 Å². The van der Waals surface area contributed by atoms with E-state index in [0.717, 1.165) is 25.7 Å². The monoisotopic (exact) mass is 387 g/mol. The SMILES string of the molecule is CCC(=O)/C=C/CCCCCC(=O)NCCO[C@H]1O[C@H](C)[C@@H](O)[C@H](O)[C@@H]1O. The van der Waals surface area contributed by atoms with Gasteiger partial charge in [-0.3, -0.25) is 9.59 Å². The van der Waals surface area contributed by atoms with E-state index in [-0.39, 0.29) is 24.8 Å². The molecule has 8 heteroatoms. The maximum Gasteiger partial charge on any atom is 0.220 e. The Kier molecular flexibility index (Phi) is 11.4. The number of ketones is 1. The van der Waals surface area contributed by atoms with Gasteiger partial charge in [0.15, 0.2) is 12.1 Å². The van der Waals surface area contributed by atoms with Crippen LogP contribution >= 0.6 is 0 Å². The maximum absolute atomic E-state index is 11.7. The number of aliphatic hydroxyl groups excluding tert-OH is 3. The molecule has 0 unspecified atom stereocenters. The van der Waals surface area contributed by atoms with Gasteiger partial charge in [-0.05, 0) is 32.3 Å². The molecule has 1 rings (SSSR count). The number of hydrogen-bond donors (Lipinski definition) is 4. The van der Waals surface area contributed by atoms with E-state index in [9.17, 15) is 24.9 Å². The summed E-state index contributed by atoms with van der Waals surface area (Å²) in [6.07, 6.45) is 2.36. The predicted octanol–water partition coefficient (Wildman–Crippen LogP) is 0.433. The van der Waals surface area contributed by atoms with E-state index >= 15 is 0 Å². The van der Waals surface area contributed by atoms with Crippen LogP contribution in [0.5, 0.6) is 0 Å². The molecule has 0 aromatic carbocycles. The van der Waals surface area contributed by atoms with Crippen LogP contribution in [0.2, 0.25) is 0 Å². The lowest BCUT2D eigenvalue weighted by molar-refractivity contribution is -0.292. The van der Waals surface area contributed by atoms with Crippen LogP contribution in [-0.4, -0.2) is 70.9 Å². The number of unbranched alkanes of at least 4 members (excludes halogenated alkanes) is 3. The first kappa shape index (κ1) is 23.7.